The molecule has 188 valence electrons. The molecular weight excluding hydrogens is 519 g/mol. The van der Waals surface area contributed by atoms with Crippen LogP contribution in [0.5, 0.6) is 11.5 Å². The van der Waals surface area contributed by atoms with E-state index in [1.165, 1.54) is 6.33 Å². The standard InChI is InChI=1S/C25H26Cl2N6O2S/c1-32-5-7-33(8-6-32)12-24-30-17(14-36-24)13-35-23-11-21-18(10-22(23)34-2)25(29-15-28-21)31-16-3-4-19(26)20(27)9-16/h3-4,9-11,14-15H,5-8,12-13H2,1-2H3,(H,28,29,31). The SMILES string of the molecule is COc1cc2c(Nc3ccc(Cl)c(Cl)c3)ncnc2cc1OCc1csc(CN2CCN(C)CC2)n1. The zero-order valence-electron chi connectivity index (χ0n) is 20.0. The van der Waals surface area contributed by atoms with Crippen molar-refractivity contribution in [3.8, 4) is 11.5 Å². The van der Waals surface area contributed by atoms with Gasteiger partial charge in [0.1, 0.15) is 23.8 Å². The summed E-state index contributed by atoms with van der Waals surface area (Å²) < 4.78 is 11.7. The van der Waals surface area contributed by atoms with Crippen molar-refractivity contribution in [1.29, 1.82) is 0 Å². The number of hydrogen-bond acceptors (Lipinski definition) is 9. The van der Waals surface area contributed by atoms with Gasteiger partial charge in [-0.3, -0.25) is 4.90 Å². The number of methoxy groups -OCH3 is 1. The van der Waals surface area contributed by atoms with Gasteiger partial charge in [-0.05, 0) is 31.3 Å². The van der Waals surface area contributed by atoms with Crippen LogP contribution in [0, 0.1) is 0 Å². The number of anilines is 2. The van der Waals surface area contributed by atoms with E-state index < -0.39 is 0 Å². The zero-order valence-corrected chi connectivity index (χ0v) is 22.3. The molecule has 0 radical (unpaired) electrons. The first-order valence-corrected chi connectivity index (χ1v) is 13.1. The lowest BCUT2D eigenvalue weighted by Crippen LogP contribution is -2.43. The fraction of sp³-hybridized carbons (Fsp3) is 0.320. The van der Waals surface area contributed by atoms with Crippen molar-refractivity contribution < 1.29 is 9.47 Å². The highest BCUT2D eigenvalue weighted by Crippen LogP contribution is 2.36. The summed E-state index contributed by atoms with van der Waals surface area (Å²) >= 11 is 13.9. The van der Waals surface area contributed by atoms with Crippen LogP contribution >= 0.6 is 34.5 Å². The van der Waals surface area contributed by atoms with Crippen LogP contribution in [0.4, 0.5) is 11.5 Å². The third-order valence-electron chi connectivity index (χ3n) is 6.03. The maximum atomic E-state index is 6.16. The van der Waals surface area contributed by atoms with Crippen molar-refractivity contribution in [1.82, 2.24) is 24.8 Å². The lowest BCUT2D eigenvalue weighted by atomic mass is 10.2. The second-order valence-corrected chi connectivity index (χ2v) is 10.4. The highest BCUT2D eigenvalue weighted by atomic mass is 35.5. The van der Waals surface area contributed by atoms with Gasteiger partial charge in [-0.25, -0.2) is 15.0 Å². The Kier molecular flexibility index (Phi) is 7.73. The molecule has 1 fully saturated rings. The number of ether oxygens (including phenoxy) is 2. The number of benzene rings is 2. The average molecular weight is 545 g/mol. The van der Waals surface area contributed by atoms with Gasteiger partial charge in [-0.2, -0.15) is 0 Å². The molecule has 1 saturated heterocycles. The molecule has 1 aliphatic heterocycles. The Morgan fingerprint density at radius 1 is 1.03 bits per heavy atom. The first kappa shape index (κ1) is 25.0. The maximum Gasteiger partial charge on any atom is 0.163 e. The first-order valence-electron chi connectivity index (χ1n) is 11.5. The minimum Gasteiger partial charge on any atom is -0.493 e. The van der Waals surface area contributed by atoms with E-state index in [1.807, 2.05) is 18.2 Å². The number of nitrogens with zero attached hydrogens (tertiary/aromatic N) is 5. The molecule has 1 aliphatic rings. The quantitative estimate of drug-likeness (QED) is 0.313. The van der Waals surface area contributed by atoms with Crippen LogP contribution in [-0.2, 0) is 13.2 Å². The fourth-order valence-electron chi connectivity index (χ4n) is 3.98. The Labute approximate surface area is 223 Å². The fourth-order valence-corrected chi connectivity index (χ4v) is 5.10. The molecule has 2 aromatic heterocycles. The van der Waals surface area contributed by atoms with Crippen LogP contribution in [-0.4, -0.2) is 65.1 Å². The normalized spacial score (nSPS) is 14.8. The Morgan fingerprint density at radius 3 is 2.64 bits per heavy atom. The molecule has 0 saturated carbocycles. The molecule has 4 aromatic rings. The number of piperazine rings is 1. The van der Waals surface area contributed by atoms with E-state index in [0.29, 0.717) is 34.0 Å². The van der Waals surface area contributed by atoms with Crippen molar-refractivity contribution in [2.45, 2.75) is 13.2 Å². The molecule has 8 nitrogen and oxygen atoms in total. The molecule has 0 bridgehead atoms. The molecule has 2 aromatic carbocycles. The number of fused-ring (bicyclic) bond motifs is 1. The Bertz CT molecular complexity index is 1360. The summed E-state index contributed by atoms with van der Waals surface area (Å²) in [5.41, 5.74) is 2.38. The number of nitrogens with one attached hydrogen (secondary N) is 1. The van der Waals surface area contributed by atoms with Crippen molar-refractivity contribution in [2.75, 3.05) is 45.7 Å². The van der Waals surface area contributed by atoms with E-state index in [9.17, 15) is 0 Å². The Balaban J connectivity index is 1.30. The number of halogens is 2. The van der Waals surface area contributed by atoms with E-state index >= 15 is 0 Å². The highest BCUT2D eigenvalue weighted by Gasteiger charge is 2.16. The molecule has 0 spiro atoms. The minimum atomic E-state index is 0.348. The van der Waals surface area contributed by atoms with E-state index in [1.54, 1.807) is 30.6 Å². The summed E-state index contributed by atoms with van der Waals surface area (Å²) in [5.74, 6) is 1.80. The van der Waals surface area contributed by atoms with Crippen LogP contribution in [0.15, 0.2) is 42.0 Å². The number of likely N-dealkylation sites (N-methyl/N-ethyl adjacent to an activating group) is 1. The van der Waals surface area contributed by atoms with Crippen LogP contribution in [0.1, 0.15) is 10.7 Å². The van der Waals surface area contributed by atoms with Crippen molar-refractivity contribution in [2.24, 2.45) is 0 Å². The number of hydrogen-bond donors (Lipinski definition) is 1. The second kappa shape index (κ2) is 11.1. The van der Waals surface area contributed by atoms with Gasteiger partial charge >= 0.3 is 0 Å². The molecule has 36 heavy (non-hydrogen) atoms. The first-order chi connectivity index (χ1) is 17.5. The Morgan fingerprint density at radius 2 is 1.86 bits per heavy atom. The van der Waals surface area contributed by atoms with Gasteiger partial charge in [0.2, 0.25) is 0 Å². The summed E-state index contributed by atoms with van der Waals surface area (Å²) in [6.45, 7) is 5.55. The topological polar surface area (TPSA) is 75.6 Å². The van der Waals surface area contributed by atoms with E-state index in [-0.39, 0.29) is 0 Å². The smallest absolute Gasteiger partial charge is 0.163 e. The predicted octanol–water partition coefficient (Wildman–Crippen LogP) is 5.47. The molecule has 3 heterocycles. The number of thiazole rings is 1. The maximum absolute atomic E-state index is 6.16. The van der Waals surface area contributed by atoms with Crippen molar-refractivity contribution in [3.05, 3.63) is 62.8 Å². The third kappa shape index (κ3) is 5.82. The van der Waals surface area contributed by atoms with Crippen LogP contribution < -0.4 is 14.8 Å². The molecule has 1 N–H and O–H groups in total. The van der Waals surface area contributed by atoms with Gasteiger partial charge in [0.05, 0.1) is 34.9 Å². The van der Waals surface area contributed by atoms with Crippen molar-refractivity contribution >= 4 is 56.9 Å². The summed E-state index contributed by atoms with van der Waals surface area (Å²) in [5, 5.41) is 8.18. The molecular formula is C25H26Cl2N6O2S. The number of rotatable bonds is 8. The van der Waals surface area contributed by atoms with E-state index in [2.05, 4.69) is 37.5 Å². The molecule has 0 amide bonds. The lowest BCUT2D eigenvalue weighted by Gasteiger charge is -2.31. The summed E-state index contributed by atoms with van der Waals surface area (Å²) in [6, 6.07) is 9.04. The molecule has 11 heteroatoms. The second-order valence-electron chi connectivity index (χ2n) is 8.60. The lowest BCUT2D eigenvalue weighted by molar-refractivity contribution is 0.148. The average Bonchev–Trinajstić information content (AvgIpc) is 3.33. The molecule has 0 atom stereocenters. The number of aromatic nitrogens is 3. The van der Waals surface area contributed by atoms with E-state index in [0.717, 1.165) is 60.0 Å². The van der Waals surface area contributed by atoms with Gasteiger partial charge < -0.3 is 19.7 Å². The van der Waals surface area contributed by atoms with Gasteiger partial charge in [0.15, 0.2) is 11.5 Å². The molecule has 0 unspecified atom stereocenters. The zero-order chi connectivity index (χ0) is 25.1. The Hall–Kier alpha value is -2.69. The van der Waals surface area contributed by atoms with Crippen LogP contribution in [0.25, 0.3) is 10.9 Å². The van der Waals surface area contributed by atoms with Crippen molar-refractivity contribution in [3.63, 3.8) is 0 Å². The van der Waals surface area contributed by atoms with Gasteiger partial charge in [0, 0.05) is 48.7 Å². The van der Waals surface area contributed by atoms with Crippen LogP contribution in [0.2, 0.25) is 10.0 Å². The van der Waals surface area contributed by atoms with E-state index in [4.69, 9.17) is 37.7 Å². The summed E-state index contributed by atoms with van der Waals surface area (Å²) in [4.78, 5) is 18.4. The van der Waals surface area contributed by atoms with Gasteiger partial charge in [-0.15, -0.1) is 11.3 Å². The minimum absolute atomic E-state index is 0.348. The predicted molar refractivity (Wildman–Crippen MR) is 145 cm³/mol. The summed E-state index contributed by atoms with van der Waals surface area (Å²) in [7, 11) is 3.77. The monoisotopic (exact) mass is 544 g/mol. The molecule has 0 aliphatic carbocycles. The van der Waals surface area contributed by atoms with Crippen LogP contribution in [0.3, 0.4) is 0 Å². The molecule has 5 rings (SSSR count). The summed E-state index contributed by atoms with van der Waals surface area (Å²) in [6.07, 6.45) is 1.50. The highest BCUT2D eigenvalue weighted by molar-refractivity contribution is 7.09. The largest absolute Gasteiger partial charge is 0.493 e. The third-order valence-corrected chi connectivity index (χ3v) is 7.65. The van der Waals surface area contributed by atoms with Gasteiger partial charge in [0.25, 0.3) is 0 Å². The van der Waals surface area contributed by atoms with Gasteiger partial charge in [-0.1, -0.05) is 23.2 Å².